The molecule has 0 amide bonds. The maximum Gasteiger partial charge on any atom is 0.341 e. The summed E-state index contributed by atoms with van der Waals surface area (Å²) < 4.78 is 12.9. The van der Waals surface area contributed by atoms with Gasteiger partial charge in [0, 0.05) is 16.0 Å². The van der Waals surface area contributed by atoms with E-state index in [1.165, 1.54) is 7.11 Å². The first-order valence-corrected chi connectivity index (χ1v) is 8.72. The van der Waals surface area contributed by atoms with E-state index in [-0.39, 0.29) is 17.8 Å². The molecule has 0 aliphatic heterocycles. The van der Waals surface area contributed by atoms with Gasteiger partial charge in [-0.15, -0.1) is 0 Å². The summed E-state index contributed by atoms with van der Waals surface area (Å²) in [7, 11) is 1.39. The topological polar surface area (TPSA) is 70.2 Å². The van der Waals surface area contributed by atoms with E-state index in [9.17, 15) is 4.79 Å². The fourth-order valence-electron chi connectivity index (χ4n) is 3.30. The molecule has 2 atom stereocenters. The number of carbonyl (C=O) groups excluding carboxylic acids is 1. The number of rotatable bonds is 4. The molecule has 6 nitrogen and oxygen atoms in total. The SMILES string of the molecule is COC(=O)c1cnn(-c2cccc(Br)c2)c1C1CC1c1cnoc1C. The summed E-state index contributed by atoms with van der Waals surface area (Å²) in [5, 5.41) is 8.32. The Kier molecular flexibility index (Phi) is 3.95. The third-order valence-electron chi connectivity index (χ3n) is 4.59. The number of carbonyl (C=O) groups is 1. The van der Waals surface area contributed by atoms with Crippen LogP contribution in [-0.2, 0) is 4.74 Å². The number of hydrogen-bond donors (Lipinski definition) is 0. The molecule has 1 aliphatic rings. The van der Waals surface area contributed by atoms with Crippen molar-refractivity contribution in [3.63, 3.8) is 0 Å². The van der Waals surface area contributed by atoms with Crippen molar-refractivity contribution < 1.29 is 14.1 Å². The van der Waals surface area contributed by atoms with Crippen LogP contribution in [0.1, 0.15) is 45.6 Å². The number of aryl methyl sites for hydroxylation is 1. The molecular formula is C18H16BrN3O3. The standard InChI is InChI=1S/C18H16BrN3O3/c1-10-15(9-21-25-10)13-7-14(13)17-16(18(23)24-2)8-20-22(17)12-5-3-4-11(19)6-12/h3-6,8-9,13-14H,7H2,1-2H3. The van der Waals surface area contributed by atoms with Crippen LogP contribution in [0.4, 0.5) is 0 Å². The predicted octanol–water partition coefficient (Wildman–Crippen LogP) is 3.99. The Morgan fingerprint density at radius 2 is 2.20 bits per heavy atom. The van der Waals surface area contributed by atoms with E-state index in [2.05, 4.69) is 26.2 Å². The summed E-state index contributed by atoms with van der Waals surface area (Å²) in [6.07, 6.45) is 4.27. The van der Waals surface area contributed by atoms with Crippen LogP contribution in [-0.4, -0.2) is 28.0 Å². The number of hydrogen-bond acceptors (Lipinski definition) is 5. The highest BCUT2D eigenvalue weighted by Crippen LogP contribution is 2.56. The quantitative estimate of drug-likeness (QED) is 0.618. The second kappa shape index (κ2) is 6.15. The molecule has 25 heavy (non-hydrogen) atoms. The van der Waals surface area contributed by atoms with Crippen LogP contribution in [0.15, 0.2) is 45.7 Å². The van der Waals surface area contributed by atoms with Crippen LogP contribution in [0.5, 0.6) is 0 Å². The number of methoxy groups -OCH3 is 1. The third-order valence-corrected chi connectivity index (χ3v) is 5.09. The summed E-state index contributed by atoms with van der Waals surface area (Å²) in [4.78, 5) is 12.2. The number of nitrogens with zero attached hydrogens (tertiary/aromatic N) is 3. The molecule has 1 aliphatic carbocycles. The molecule has 2 heterocycles. The van der Waals surface area contributed by atoms with Crippen LogP contribution in [0.3, 0.4) is 0 Å². The van der Waals surface area contributed by atoms with Crippen LogP contribution in [0.25, 0.3) is 5.69 Å². The number of benzene rings is 1. The molecule has 3 aromatic rings. The van der Waals surface area contributed by atoms with Gasteiger partial charge in [0.2, 0.25) is 0 Å². The molecule has 128 valence electrons. The molecule has 2 aromatic heterocycles. The second-order valence-corrected chi connectivity index (χ2v) is 7.03. The van der Waals surface area contributed by atoms with Crippen LogP contribution >= 0.6 is 15.9 Å². The van der Waals surface area contributed by atoms with Gasteiger partial charge in [-0.25, -0.2) is 9.48 Å². The first-order valence-electron chi connectivity index (χ1n) is 7.93. The lowest BCUT2D eigenvalue weighted by Crippen LogP contribution is -2.08. The molecule has 4 rings (SSSR count). The number of halogens is 1. The largest absolute Gasteiger partial charge is 0.465 e. The van der Waals surface area contributed by atoms with E-state index in [0.29, 0.717) is 5.56 Å². The van der Waals surface area contributed by atoms with E-state index in [0.717, 1.165) is 33.6 Å². The molecule has 1 saturated carbocycles. The zero-order chi connectivity index (χ0) is 17.6. The molecule has 0 saturated heterocycles. The van der Waals surface area contributed by atoms with Crippen molar-refractivity contribution in [3.05, 3.63) is 63.7 Å². The Hall–Kier alpha value is -2.41. The van der Waals surface area contributed by atoms with Crippen molar-refractivity contribution in [2.45, 2.75) is 25.2 Å². The molecule has 2 unspecified atom stereocenters. The van der Waals surface area contributed by atoms with Gasteiger partial charge in [0.15, 0.2) is 0 Å². The van der Waals surface area contributed by atoms with E-state index >= 15 is 0 Å². The lowest BCUT2D eigenvalue weighted by atomic mass is 10.1. The van der Waals surface area contributed by atoms with Gasteiger partial charge in [-0.1, -0.05) is 27.2 Å². The monoisotopic (exact) mass is 401 g/mol. The van der Waals surface area contributed by atoms with Gasteiger partial charge in [0.1, 0.15) is 11.3 Å². The highest BCUT2D eigenvalue weighted by Gasteiger charge is 2.46. The maximum atomic E-state index is 12.2. The minimum absolute atomic E-state index is 0.175. The highest BCUT2D eigenvalue weighted by molar-refractivity contribution is 9.10. The Balaban J connectivity index is 1.79. The number of ether oxygens (including phenoxy) is 1. The lowest BCUT2D eigenvalue weighted by molar-refractivity contribution is 0.0599. The molecule has 0 radical (unpaired) electrons. The normalized spacial score (nSPS) is 19.0. The summed E-state index contributed by atoms with van der Waals surface area (Å²) in [5.41, 5.74) is 3.36. The third kappa shape index (κ3) is 2.78. The Morgan fingerprint density at radius 1 is 1.36 bits per heavy atom. The summed E-state index contributed by atoms with van der Waals surface area (Å²) >= 11 is 3.49. The van der Waals surface area contributed by atoms with Crippen molar-refractivity contribution in [1.82, 2.24) is 14.9 Å². The molecule has 7 heteroatoms. The van der Waals surface area contributed by atoms with E-state index < -0.39 is 0 Å². The van der Waals surface area contributed by atoms with Crippen molar-refractivity contribution in [3.8, 4) is 5.69 Å². The number of aromatic nitrogens is 3. The van der Waals surface area contributed by atoms with E-state index in [1.807, 2.05) is 35.9 Å². The minimum atomic E-state index is -0.371. The van der Waals surface area contributed by atoms with Crippen LogP contribution in [0, 0.1) is 6.92 Å². The van der Waals surface area contributed by atoms with Gasteiger partial charge in [-0.3, -0.25) is 0 Å². The Bertz CT molecular complexity index is 947. The van der Waals surface area contributed by atoms with Crippen molar-refractivity contribution in [2.24, 2.45) is 0 Å². The molecule has 1 aromatic carbocycles. The van der Waals surface area contributed by atoms with E-state index in [4.69, 9.17) is 9.26 Å². The smallest absolute Gasteiger partial charge is 0.341 e. The van der Waals surface area contributed by atoms with Gasteiger partial charge in [0.25, 0.3) is 0 Å². The molecule has 1 fully saturated rings. The zero-order valence-electron chi connectivity index (χ0n) is 13.8. The van der Waals surface area contributed by atoms with Gasteiger partial charge >= 0.3 is 5.97 Å². The summed E-state index contributed by atoms with van der Waals surface area (Å²) in [6.45, 7) is 1.91. The van der Waals surface area contributed by atoms with Gasteiger partial charge in [0.05, 0.1) is 30.9 Å². The van der Waals surface area contributed by atoms with Crippen LogP contribution in [0.2, 0.25) is 0 Å². The average molecular weight is 402 g/mol. The fourth-order valence-corrected chi connectivity index (χ4v) is 3.69. The van der Waals surface area contributed by atoms with Crippen LogP contribution < -0.4 is 0 Å². The molecule has 0 bridgehead atoms. The van der Waals surface area contributed by atoms with Crippen molar-refractivity contribution in [2.75, 3.05) is 7.11 Å². The number of esters is 1. The van der Waals surface area contributed by atoms with E-state index in [1.54, 1.807) is 12.4 Å². The molecular weight excluding hydrogens is 386 g/mol. The summed E-state index contributed by atoms with van der Waals surface area (Å²) in [5.74, 6) is 0.899. The van der Waals surface area contributed by atoms with Crippen molar-refractivity contribution in [1.29, 1.82) is 0 Å². The second-order valence-electron chi connectivity index (χ2n) is 6.11. The van der Waals surface area contributed by atoms with Gasteiger partial charge in [-0.2, -0.15) is 5.10 Å². The predicted molar refractivity (Wildman–Crippen MR) is 93.9 cm³/mol. The Morgan fingerprint density at radius 3 is 2.88 bits per heavy atom. The van der Waals surface area contributed by atoms with Gasteiger partial charge in [-0.05, 0) is 37.5 Å². The highest BCUT2D eigenvalue weighted by atomic mass is 79.9. The summed E-state index contributed by atoms with van der Waals surface area (Å²) in [6, 6.07) is 7.83. The maximum absolute atomic E-state index is 12.2. The molecule has 0 N–H and O–H groups in total. The van der Waals surface area contributed by atoms with Crippen molar-refractivity contribution >= 4 is 21.9 Å². The minimum Gasteiger partial charge on any atom is -0.465 e. The fraction of sp³-hybridized carbons (Fsp3) is 0.278. The zero-order valence-corrected chi connectivity index (χ0v) is 15.4. The van der Waals surface area contributed by atoms with Gasteiger partial charge < -0.3 is 9.26 Å². The Labute approximate surface area is 152 Å². The average Bonchev–Trinajstić information content (AvgIpc) is 3.05. The first kappa shape index (κ1) is 16.1. The first-order chi connectivity index (χ1) is 12.1. The lowest BCUT2D eigenvalue weighted by Gasteiger charge is -2.09. The molecule has 0 spiro atoms.